The number of rotatable bonds is 6. The van der Waals surface area contributed by atoms with Gasteiger partial charge in [0.2, 0.25) is 0 Å². The molecule has 0 aliphatic heterocycles. The molecule has 0 bridgehead atoms. The number of hydrogen-bond acceptors (Lipinski definition) is 3. The lowest BCUT2D eigenvalue weighted by Crippen LogP contribution is -2.10. The van der Waals surface area contributed by atoms with Gasteiger partial charge in [-0.2, -0.15) is 0 Å². The van der Waals surface area contributed by atoms with Crippen molar-refractivity contribution in [3.05, 3.63) is 65.2 Å². The molecule has 0 radical (unpaired) electrons. The summed E-state index contributed by atoms with van der Waals surface area (Å²) < 4.78 is 37.2. The van der Waals surface area contributed by atoms with E-state index in [0.717, 1.165) is 6.07 Å². The second kappa shape index (κ2) is 6.95. The van der Waals surface area contributed by atoms with Crippen molar-refractivity contribution in [1.29, 1.82) is 0 Å². The summed E-state index contributed by atoms with van der Waals surface area (Å²) in [5, 5.41) is 0. The number of benzene rings is 2. The summed E-state index contributed by atoms with van der Waals surface area (Å²) in [5.41, 5.74) is -0.143. The summed E-state index contributed by atoms with van der Waals surface area (Å²) in [5.74, 6) is -2.53. The largest absolute Gasteiger partial charge is 0.490 e. The van der Waals surface area contributed by atoms with E-state index in [1.807, 2.05) is 0 Å². The van der Waals surface area contributed by atoms with Crippen LogP contribution in [0.2, 0.25) is 0 Å². The van der Waals surface area contributed by atoms with Crippen LogP contribution in [0.1, 0.15) is 15.9 Å². The highest BCUT2D eigenvalue weighted by atomic mass is 19.2. The molecule has 3 nitrogen and oxygen atoms in total. The fourth-order valence-corrected chi connectivity index (χ4v) is 1.84. The van der Waals surface area contributed by atoms with Crippen LogP contribution in [0.3, 0.4) is 0 Å². The molecule has 0 heterocycles. The number of hydrogen-bond donors (Lipinski definition) is 0. The molecular formula is C16H14F2O3. The zero-order chi connectivity index (χ0) is 15.2. The van der Waals surface area contributed by atoms with Gasteiger partial charge in [0, 0.05) is 7.11 Å². The minimum absolute atomic E-state index is 0.179. The molecule has 0 atom stereocenters. The van der Waals surface area contributed by atoms with Gasteiger partial charge in [-0.15, -0.1) is 0 Å². The first kappa shape index (κ1) is 15.1. The van der Waals surface area contributed by atoms with Crippen LogP contribution in [0.5, 0.6) is 5.75 Å². The zero-order valence-corrected chi connectivity index (χ0v) is 11.4. The molecule has 0 aliphatic carbocycles. The lowest BCUT2D eigenvalue weighted by molar-refractivity contribution is 0.102. The summed E-state index contributed by atoms with van der Waals surface area (Å²) in [6, 6.07) is 9.93. The topological polar surface area (TPSA) is 35.5 Å². The van der Waals surface area contributed by atoms with Crippen molar-refractivity contribution in [2.45, 2.75) is 0 Å². The Hall–Kier alpha value is -2.27. The number of methoxy groups -OCH3 is 1. The summed E-state index contributed by atoms with van der Waals surface area (Å²) >= 11 is 0. The van der Waals surface area contributed by atoms with E-state index >= 15 is 0 Å². The second-order valence-electron chi connectivity index (χ2n) is 4.27. The Kier molecular flexibility index (Phi) is 5.00. The van der Waals surface area contributed by atoms with Crippen molar-refractivity contribution in [2.24, 2.45) is 0 Å². The van der Waals surface area contributed by atoms with Crippen molar-refractivity contribution < 1.29 is 23.0 Å². The van der Waals surface area contributed by atoms with E-state index in [4.69, 9.17) is 9.47 Å². The molecule has 0 N–H and O–H groups in total. The molecule has 0 saturated heterocycles. The molecule has 2 aromatic rings. The molecule has 0 saturated carbocycles. The van der Waals surface area contributed by atoms with Gasteiger partial charge in [-0.1, -0.05) is 18.2 Å². The summed E-state index contributed by atoms with van der Waals surface area (Å²) in [7, 11) is 1.53. The maximum atomic E-state index is 13.7. The quantitative estimate of drug-likeness (QED) is 0.606. The maximum Gasteiger partial charge on any atom is 0.199 e. The lowest BCUT2D eigenvalue weighted by Gasteiger charge is -2.11. The van der Waals surface area contributed by atoms with Gasteiger partial charge < -0.3 is 9.47 Å². The highest BCUT2D eigenvalue weighted by molar-refractivity contribution is 6.10. The van der Waals surface area contributed by atoms with Gasteiger partial charge in [-0.25, -0.2) is 8.78 Å². The van der Waals surface area contributed by atoms with Crippen LogP contribution in [0.4, 0.5) is 8.78 Å². The van der Waals surface area contributed by atoms with Crippen LogP contribution in [-0.4, -0.2) is 26.1 Å². The highest BCUT2D eigenvalue weighted by Gasteiger charge is 2.19. The first-order chi connectivity index (χ1) is 10.1. The van der Waals surface area contributed by atoms with Crippen molar-refractivity contribution in [2.75, 3.05) is 20.3 Å². The van der Waals surface area contributed by atoms with Crippen molar-refractivity contribution in [3.63, 3.8) is 0 Å². The Labute approximate surface area is 121 Å². The van der Waals surface area contributed by atoms with Gasteiger partial charge in [0.05, 0.1) is 17.7 Å². The Bertz CT molecular complexity index is 641. The number of halogens is 2. The van der Waals surface area contributed by atoms with E-state index in [2.05, 4.69) is 0 Å². The summed E-state index contributed by atoms with van der Waals surface area (Å²) in [6.45, 7) is 0.614. The standard InChI is InChI=1S/C16H14F2O3/c1-20-9-10-21-14-8-3-2-5-11(14)16(19)12-6-4-7-13(17)15(12)18/h2-8H,9-10H2,1H3. The highest BCUT2D eigenvalue weighted by Crippen LogP contribution is 2.23. The van der Waals surface area contributed by atoms with E-state index in [0.29, 0.717) is 12.4 Å². The third-order valence-electron chi connectivity index (χ3n) is 2.87. The molecule has 0 aromatic heterocycles. The first-order valence-corrected chi connectivity index (χ1v) is 6.34. The molecule has 2 aromatic carbocycles. The minimum Gasteiger partial charge on any atom is -0.490 e. The van der Waals surface area contributed by atoms with Gasteiger partial charge in [0.1, 0.15) is 12.4 Å². The number of ketones is 1. The Morgan fingerprint density at radius 3 is 2.48 bits per heavy atom. The van der Waals surface area contributed by atoms with Crippen molar-refractivity contribution in [3.8, 4) is 5.75 Å². The molecule has 110 valence electrons. The van der Waals surface area contributed by atoms with Gasteiger partial charge in [-0.05, 0) is 24.3 Å². The molecule has 5 heteroatoms. The smallest absolute Gasteiger partial charge is 0.199 e. The van der Waals surface area contributed by atoms with E-state index in [1.165, 1.54) is 25.3 Å². The first-order valence-electron chi connectivity index (χ1n) is 6.34. The van der Waals surface area contributed by atoms with E-state index < -0.39 is 17.4 Å². The van der Waals surface area contributed by atoms with E-state index in [1.54, 1.807) is 18.2 Å². The van der Waals surface area contributed by atoms with E-state index in [9.17, 15) is 13.6 Å². The lowest BCUT2D eigenvalue weighted by atomic mass is 10.0. The van der Waals surface area contributed by atoms with Crippen LogP contribution in [0.15, 0.2) is 42.5 Å². The van der Waals surface area contributed by atoms with Crippen LogP contribution < -0.4 is 4.74 Å². The van der Waals surface area contributed by atoms with Crippen LogP contribution in [0.25, 0.3) is 0 Å². The predicted octanol–water partition coefficient (Wildman–Crippen LogP) is 3.22. The molecule has 0 unspecified atom stereocenters. The third-order valence-corrected chi connectivity index (χ3v) is 2.87. The molecule has 0 fully saturated rings. The molecule has 0 amide bonds. The number of carbonyl (C=O) groups excluding carboxylic acids is 1. The second-order valence-corrected chi connectivity index (χ2v) is 4.27. The van der Waals surface area contributed by atoms with Crippen LogP contribution in [-0.2, 0) is 4.74 Å². The molecule has 2 rings (SSSR count). The summed E-state index contributed by atoms with van der Waals surface area (Å²) in [6.07, 6.45) is 0. The van der Waals surface area contributed by atoms with Crippen LogP contribution >= 0.6 is 0 Å². The van der Waals surface area contributed by atoms with Gasteiger partial charge in [-0.3, -0.25) is 4.79 Å². The minimum atomic E-state index is -1.16. The SMILES string of the molecule is COCCOc1ccccc1C(=O)c1cccc(F)c1F. The molecule has 21 heavy (non-hydrogen) atoms. The fraction of sp³-hybridized carbons (Fsp3) is 0.188. The molecule has 0 spiro atoms. The summed E-state index contributed by atoms with van der Waals surface area (Å²) in [4.78, 5) is 12.4. The predicted molar refractivity (Wildman–Crippen MR) is 73.6 cm³/mol. The Balaban J connectivity index is 2.33. The fourth-order valence-electron chi connectivity index (χ4n) is 1.84. The van der Waals surface area contributed by atoms with Gasteiger partial charge in [0.15, 0.2) is 17.4 Å². The monoisotopic (exact) mass is 292 g/mol. The van der Waals surface area contributed by atoms with Gasteiger partial charge in [0.25, 0.3) is 0 Å². The zero-order valence-electron chi connectivity index (χ0n) is 11.4. The maximum absolute atomic E-state index is 13.7. The Morgan fingerprint density at radius 2 is 1.71 bits per heavy atom. The molecular weight excluding hydrogens is 278 g/mol. The average molecular weight is 292 g/mol. The number of carbonyl (C=O) groups is 1. The normalized spacial score (nSPS) is 10.4. The Morgan fingerprint density at radius 1 is 1.00 bits per heavy atom. The van der Waals surface area contributed by atoms with E-state index in [-0.39, 0.29) is 17.7 Å². The molecule has 0 aliphatic rings. The van der Waals surface area contributed by atoms with Gasteiger partial charge >= 0.3 is 0 Å². The van der Waals surface area contributed by atoms with Crippen molar-refractivity contribution >= 4 is 5.78 Å². The third kappa shape index (κ3) is 3.44. The number of ether oxygens (including phenoxy) is 2. The average Bonchev–Trinajstić information content (AvgIpc) is 2.50. The van der Waals surface area contributed by atoms with Crippen molar-refractivity contribution in [1.82, 2.24) is 0 Å². The van der Waals surface area contributed by atoms with Crippen LogP contribution in [0, 0.1) is 11.6 Å². The number of para-hydroxylation sites is 1.